The molecule has 2 N–H and O–H groups in total. The molecule has 0 bridgehead atoms. The minimum Gasteiger partial charge on any atom is -0.467 e. The summed E-state index contributed by atoms with van der Waals surface area (Å²) < 4.78 is 36.7. The van der Waals surface area contributed by atoms with E-state index in [2.05, 4.69) is 5.32 Å². The molecule has 12 heteroatoms. The number of amides is 3. The summed E-state index contributed by atoms with van der Waals surface area (Å²) in [5.74, 6) is -1.41. The molecule has 0 spiro atoms. The standard InChI is InChI=1S/C20H22ClN3O7S/c21-15-3-5-17(6-4-15)32(28,29)24-9-7-14(8-10-24)19(26)31-13-18(25)23-20(27)22-12-16-2-1-11-30-16/h1-6,11,14H,7-10,12-13H2,(H2,22,23,25,27). The van der Waals surface area contributed by atoms with Crippen molar-refractivity contribution < 1.29 is 32.0 Å². The van der Waals surface area contributed by atoms with Gasteiger partial charge in [0.05, 0.1) is 23.6 Å². The fourth-order valence-electron chi connectivity index (χ4n) is 3.13. The molecule has 1 aliphatic rings. The van der Waals surface area contributed by atoms with Gasteiger partial charge < -0.3 is 14.5 Å². The van der Waals surface area contributed by atoms with Crippen LogP contribution in [0.15, 0.2) is 52.0 Å². The van der Waals surface area contributed by atoms with Crippen molar-refractivity contribution in [2.75, 3.05) is 19.7 Å². The van der Waals surface area contributed by atoms with Gasteiger partial charge in [0, 0.05) is 18.1 Å². The number of carbonyl (C=O) groups excluding carboxylic acids is 3. The van der Waals surface area contributed by atoms with Crippen molar-refractivity contribution >= 4 is 39.5 Å². The quantitative estimate of drug-likeness (QED) is 0.574. The summed E-state index contributed by atoms with van der Waals surface area (Å²) in [5.41, 5.74) is 0. The van der Waals surface area contributed by atoms with Crippen molar-refractivity contribution in [2.24, 2.45) is 5.92 Å². The summed E-state index contributed by atoms with van der Waals surface area (Å²) in [6, 6.07) is 8.44. The first-order valence-corrected chi connectivity index (χ1v) is 11.6. The Labute approximate surface area is 189 Å². The highest BCUT2D eigenvalue weighted by atomic mass is 35.5. The molecule has 1 aromatic carbocycles. The van der Waals surface area contributed by atoms with Crippen LogP contribution in [0.3, 0.4) is 0 Å². The van der Waals surface area contributed by atoms with Crippen LogP contribution in [0, 0.1) is 5.92 Å². The lowest BCUT2D eigenvalue weighted by molar-refractivity contribution is -0.153. The third kappa shape index (κ3) is 6.31. The number of hydrogen-bond donors (Lipinski definition) is 2. The number of nitrogens with zero attached hydrogens (tertiary/aromatic N) is 1. The Bertz CT molecular complexity index is 1050. The predicted octanol–water partition coefficient (Wildman–Crippen LogP) is 1.90. The molecule has 1 saturated heterocycles. The van der Waals surface area contributed by atoms with Gasteiger partial charge in [0.2, 0.25) is 10.0 Å². The number of carbonyl (C=O) groups is 3. The van der Waals surface area contributed by atoms with E-state index in [-0.39, 0.29) is 37.4 Å². The average molecular weight is 484 g/mol. The second kappa shape index (κ2) is 10.6. The molecule has 1 fully saturated rings. The van der Waals surface area contributed by atoms with Crippen molar-refractivity contribution in [1.82, 2.24) is 14.9 Å². The van der Waals surface area contributed by atoms with Gasteiger partial charge in [0.1, 0.15) is 5.76 Å². The van der Waals surface area contributed by atoms with Gasteiger partial charge in [-0.3, -0.25) is 14.9 Å². The number of nitrogens with one attached hydrogen (secondary N) is 2. The zero-order valence-electron chi connectivity index (χ0n) is 17.0. The lowest BCUT2D eigenvalue weighted by Gasteiger charge is -2.30. The summed E-state index contributed by atoms with van der Waals surface area (Å²) in [6.07, 6.45) is 1.98. The minimum absolute atomic E-state index is 0.101. The largest absolute Gasteiger partial charge is 0.467 e. The smallest absolute Gasteiger partial charge is 0.321 e. The van der Waals surface area contributed by atoms with Crippen LogP contribution >= 0.6 is 11.6 Å². The van der Waals surface area contributed by atoms with E-state index in [1.165, 1.54) is 34.8 Å². The summed E-state index contributed by atoms with van der Waals surface area (Å²) in [6.45, 7) is -0.224. The predicted molar refractivity (Wildman–Crippen MR) is 113 cm³/mol. The van der Waals surface area contributed by atoms with E-state index in [9.17, 15) is 22.8 Å². The van der Waals surface area contributed by atoms with Crippen molar-refractivity contribution in [3.8, 4) is 0 Å². The maximum atomic E-state index is 12.7. The molecule has 0 radical (unpaired) electrons. The van der Waals surface area contributed by atoms with E-state index < -0.39 is 40.5 Å². The molecular formula is C20H22ClN3O7S. The molecule has 0 saturated carbocycles. The molecule has 0 aliphatic carbocycles. The number of furan rings is 1. The van der Waals surface area contributed by atoms with E-state index >= 15 is 0 Å². The van der Waals surface area contributed by atoms with Crippen LogP contribution in [0.5, 0.6) is 0 Å². The number of esters is 1. The molecule has 3 rings (SSSR count). The van der Waals surface area contributed by atoms with Crippen molar-refractivity contribution in [3.63, 3.8) is 0 Å². The lowest BCUT2D eigenvalue weighted by Crippen LogP contribution is -2.42. The van der Waals surface area contributed by atoms with Gasteiger partial charge in [0.25, 0.3) is 5.91 Å². The normalized spacial score (nSPS) is 15.2. The summed E-state index contributed by atoms with van der Waals surface area (Å²) in [5, 5.41) is 4.91. The SMILES string of the molecule is O=C(COC(=O)C1CCN(S(=O)(=O)c2ccc(Cl)cc2)CC1)NC(=O)NCc1ccco1. The van der Waals surface area contributed by atoms with Crippen LogP contribution in [0.25, 0.3) is 0 Å². The first kappa shape index (κ1) is 23.8. The van der Waals surface area contributed by atoms with Crippen LogP contribution in [-0.2, 0) is 30.9 Å². The highest BCUT2D eigenvalue weighted by Gasteiger charge is 2.33. The van der Waals surface area contributed by atoms with E-state index in [0.717, 1.165) is 0 Å². The van der Waals surface area contributed by atoms with E-state index in [1.54, 1.807) is 12.1 Å². The zero-order valence-corrected chi connectivity index (χ0v) is 18.5. The topological polar surface area (TPSA) is 135 Å². The molecule has 10 nitrogen and oxygen atoms in total. The Hall–Kier alpha value is -2.89. The Kier molecular flexibility index (Phi) is 7.89. The molecule has 1 aliphatic heterocycles. The van der Waals surface area contributed by atoms with E-state index in [1.807, 2.05) is 5.32 Å². The average Bonchev–Trinajstić information content (AvgIpc) is 3.30. The molecule has 172 valence electrons. The fourth-order valence-corrected chi connectivity index (χ4v) is 4.73. The van der Waals surface area contributed by atoms with Crippen molar-refractivity contribution in [3.05, 3.63) is 53.4 Å². The van der Waals surface area contributed by atoms with Gasteiger partial charge in [-0.2, -0.15) is 4.31 Å². The van der Waals surface area contributed by atoms with Gasteiger partial charge in [-0.05, 0) is 49.2 Å². The minimum atomic E-state index is -3.68. The van der Waals surface area contributed by atoms with Crippen molar-refractivity contribution in [2.45, 2.75) is 24.3 Å². The number of ether oxygens (including phenoxy) is 1. The monoisotopic (exact) mass is 483 g/mol. The molecule has 0 atom stereocenters. The molecule has 32 heavy (non-hydrogen) atoms. The van der Waals surface area contributed by atoms with Crippen LogP contribution in [0.1, 0.15) is 18.6 Å². The van der Waals surface area contributed by atoms with Gasteiger partial charge >= 0.3 is 12.0 Å². The van der Waals surface area contributed by atoms with Gasteiger partial charge in [0.15, 0.2) is 6.61 Å². The van der Waals surface area contributed by atoms with E-state index in [4.69, 9.17) is 20.8 Å². The highest BCUT2D eigenvalue weighted by Crippen LogP contribution is 2.25. The molecular weight excluding hydrogens is 462 g/mol. The maximum absolute atomic E-state index is 12.7. The number of urea groups is 1. The number of imide groups is 1. The number of sulfonamides is 1. The second-order valence-electron chi connectivity index (χ2n) is 7.05. The van der Waals surface area contributed by atoms with Crippen LogP contribution in [0.4, 0.5) is 4.79 Å². The lowest BCUT2D eigenvalue weighted by atomic mass is 9.98. The van der Waals surface area contributed by atoms with E-state index in [0.29, 0.717) is 10.8 Å². The van der Waals surface area contributed by atoms with Crippen molar-refractivity contribution in [1.29, 1.82) is 0 Å². The van der Waals surface area contributed by atoms with Crippen LogP contribution < -0.4 is 10.6 Å². The highest BCUT2D eigenvalue weighted by molar-refractivity contribution is 7.89. The van der Waals surface area contributed by atoms with Gasteiger partial charge in [-0.1, -0.05) is 11.6 Å². The first-order valence-electron chi connectivity index (χ1n) is 9.78. The molecule has 3 amide bonds. The molecule has 2 heterocycles. The summed E-state index contributed by atoms with van der Waals surface area (Å²) >= 11 is 5.80. The molecule has 1 aromatic heterocycles. The zero-order chi connectivity index (χ0) is 23.1. The summed E-state index contributed by atoms with van der Waals surface area (Å²) in [4.78, 5) is 35.8. The Balaban J connectivity index is 1.40. The number of benzene rings is 1. The van der Waals surface area contributed by atoms with Crippen LogP contribution in [0.2, 0.25) is 5.02 Å². The van der Waals surface area contributed by atoms with Crippen LogP contribution in [-0.4, -0.2) is 50.3 Å². The number of piperidine rings is 1. The van der Waals surface area contributed by atoms with Gasteiger partial charge in [-0.15, -0.1) is 0 Å². The first-order chi connectivity index (χ1) is 15.3. The molecule has 0 unspecified atom stereocenters. The third-order valence-electron chi connectivity index (χ3n) is 4.84. The second-order valence-corrected chi connectivity index (χ2v) is 9.42. The number of hydrogen-bond acceptors (Lipinski definition) is 7. The molecule has 2 aromatic rings. The number of halogens is 1. The van der Waals surface area contributed by atoms with Gasteiger partial charge in [-0.25, -0.2) is 13.2 Å². The maximum Gasteiger partial charge on any atom is 0.321 e. The third-order valence-corrected chi connectivity index (χ3v) is 7.01. The Morgan fingerprint density at radius 1 is 1.12 bits per heavy atom. The summed E-state index contributed by atoms with van der Waals surface area (Å²) in [7, 11) is -3.68. The Morgan fingerprint density at radius 2 is 1.81 bits per heavy atom. The fraction of sp³-hybridized carbons (Fsp3) is 0.350. The number of rotatable bonds is 7. The Morgan fingerprint density at radius 3 is 2.44 bits per heavy atom.